The Kier molecular flexibility index (Phi) is 4.37. The van der Waals surface area contributed by atoms with Crippen LogP contribution in [0.3, 0.4) is 0 Å². The third-order valence-electron chi connectivity index (χ3n) is 3.60. The van der Waals surface area contributed by atoms with Crippen molar-refractivity contribution in [2.24, 2.45) is 11.8 Å². The van der Waals surface area contributed by atoms with Gasteiger partial charge >= 0.3 is 5.97 Å². The van der Waals surface area contributed by atoms with Crippen LogP contribution in [0.5, 0.6) is 0 Å². The molecule has 2 unspecified atom stereocenters. The number of carboxylic acid groups (broad SMARTS) is 1. The van der Waals surface area contributed by atoms with Crippen molar-refractivity contribution in [2.75, 3.05) is 0 Å². The van der Waals surface area contributed by atoms with E-state index in [9.17, 15) is 9.59 Å². The lowest BCUT2D eigenvalue weighted by molar-refractivity contribution is -0.142. The number of Topliss-reactive ketones (excluding diaryl/α,β-unsaturated/α-hetero) is 1. The van der Waals surface area contributed by atoms with Crippen molar-refractivity contribution in [1.82, 2.24) is 0 Å². The van der Waals surface area contributed by atoms with Crippen LogP contribution in [0.4, 0.5) is 0 Å². The van der Waals surface area contributed by atoms with Crippen LogP contribution in [-0.2, 0) is 4.79 Å². The van der Waals surface area contributed by atoms with Crippen molar-refractivity contribution in [2.45, 2.75) is 25.7 Å². The summed E-state index contributed by atoms with van der Waals surface area (Å²) in [7, 11) is 0. The van der Waals surface area contributed by atoms with Gasteiger partial charge in [-0.05, 0) is 47.4 Å². The maximum absolute atomic E-state index is 12.2. The van der Waals surface area contributed by atoms with Crippen LogP contribution < -0.4 is 0 Å². The number of hydrogen-bond acceptors (Lipinski definition) is 2. The molecule has 1 aromatic carbocycles. The Morgan fingerprint density at radius 2 is 2.00 bits per heavy atom. The third kappa shape index (κ3) is 2.91. The van der Waals surface area contributed by atoms with E-state index in [1.807, 2.05) is 24.3 Å². The standard InChI is InChI=1S/C14H15IO3/c15-12-7-2-1-5-11(12)13(16)8-9-4-3-6-10(9)14(17)18/h1-2,5,7,9-10H,3-4,6,8H2,(H,17,18). The lowest BCUT2D eigenvalue weighted by Crippen LogP contribution is -2.21. The Labute approximate surface area is 120 Å². The van der Waals surface area contributed by atoms with Crippen molar-refractivity contribution in [3.05, 3.63) is 33.4 Å². The number of rotatable bonds is 4. The highest BCUT2D eigenvalue weighted by molar-refractivity contribution is 14.1. The molecule has 0 bridgehead atoms. The molecule has 1 fully saturated rings. The second-order valence-corrected chi connectivity index (χ2v) is 5.91. The molecule has 0 spiro atoms. The second-order valence-electron chi connectivity index (χ2n) is 4.74. The van der Waals surface area contributed by atoms with Gasteiger partial charge in [-0.15, -0.1) is 0 Å². The largest absolute Gasteiger partial charge is 0.481 e. The molecule has 96 valence electrons. The fourth-order valence-corrected chi connectivity index (χ4v) is 3.33. The molecule has 1 N–H and O–H groups in total. The molecular formula is C14H15IO3. The molecule has 0 aliphatic heterocycles. The van der Waals surface area contributed by atoms with Crippen LogP contribution in [0, 0.1) is 15.4 Å². The molecule has 0 radical (unpaired) electrons. The van der Waals surface area contributed by atoms with Crippen molar-refractivity contribution >= 4 is 34.3 Å². The van der Waals surface area contributed by atoms with Gasteiger partial charge in [0.2, 0.25) is 0 Å². The van der Waals surface area contributed by atoms with E-state index in [-0.39, 0.29) is 17.6 Å². The number of ketones is 1. The lowest BCUT2D eigenvalue weighted by Gasteiger charge is -2.15. The van der Waals surface area contributed by atoms with E-state index in [4.69, 9.17) is 5.11 Å². The van der Waals surface area contributed by atoms with Gasteiger partial charge in [0.25, 0.3) is 0 Å². The Hall–Kier alpha value is -0.910. The average molecular weight is 358 g/mol. The molecule has 1 aliphatic carbocycles. The number of aliphatic carboxylic acids is 1. The molecule has 2 rings (SSSR count). The molecule has 0 saturated heterocycles. The van der Waals surface area contributed by atoms with E-state index in [1.165, 1.54) is 0 Å². The summed E-state index contributed by atoms with van der Waals surface area (Å²) < 4.78 is 0.935. The van der Waals surface area contributed by atoms with Gasteiger partial charge in [-0.1, -0.05) is 24.6 Å². The van der Waals surface area contributed by atoms with Crippen LogP contribution in [0.15, 0.2) is 24.3 Å². The van der Waals surface area contributed by atoms with E-state index in [2.05, 4.69) is 22.6 Å². The minimum atomic E-state index is -0.756. The topological polar surface area (TPSA) is 54.4 Å². The molecule has 1 aromatic rings. The van der Waals surface area contributed by atoms with Crippen LogP contribution in [0.1, 0.15) is 36.0 Å². The van der Waals surface area contributed by atoms with Gasteiger partial charge in [0.1, 0.15) is 0 Å². The molecule has 3 nitrogen and oxygen atoms in total. The minimum Gasteiger partial charge on any atom is -0.481 e. The first-order valence-corrected chi connectivity index (χ1v) is 7.18. The summed E-state index contributed by atoms with van der Waals surface area (Å²) in [6.07, 6.45) is 2.84. The molecule has 1 aliphatic rings. The van der Waals surface area contributed by atoms with Crippen molar-refractivity contribution in [3.63, 3.8) is 0 Å². The predicted octanol–water partition coefficient (Wildman–Crippen LogP) is 3.36. The molecule has 0 heterocycles. The SMILES string of the molecule is O=C(CC1CCCC1C(=O)O)c1ccccc1I. The Bertz CT molecular complexity index is 470. The predicted molar refractivity (Wildman–Crippen MR) is 76.6 cm³/mol. The maximum Gasteiger partial charge on any atom is 0.306 e. The smallest absolute Gasteiger partial charge is 0.306 e. The van der Waals surface area contributed by atoms with Gasteiger partial charge < -0.3 is 5.11 Å². The van der Waals surface area contributed by atoms with E-state index in [1.54, 1.807) is 0 Å². The summed E-state index contributed by atoms with van der Waals surface area (Å²) in [5.74, 6) is -1.02. The monoisotopic (exact) mass is 358 g/mol. The van der Waals surface area contributed by atoms with Crippen molar-refractivity contribution in [3.8, 4) is 0 Å². The van der Waals surface area contributed by atoms with Crippen LogP contribution in [0.2, 0.25) is 0 Å². The number of carbonyl (C=O) groups is 2. The zero-order valence-electron chi connectivity index (χ0n) is 9.93. The van der Waals surface area contributed by atoms with Crippen LogP contribution >= 0.6 is 22.6 Å². The normalized spacial score (nSPS) is 22.9. The molecule has 2 atom stereocenters. The van der Waals surface area contributed by atoms with Gasteiger partial charge in [0.15, 0.2) is 5.78 Å². The van der Waals surface area contributed by atoms with E-state index in [0.29, 0.717) is 18.4 Å². The maximum atomic E-state index is 12.2. The van der Waals surface area contributed by atoms with E-state index < -0.39 is 5.97 Å². The zero-order chi connectivity index (χ0) is 13.1. The lowest BCUT2D eigenvalue weighted by atomic mass is 9.89. The number of hydrogen-bond donors (Lipinski definition) is 1. The van der Waals surface area contributed by atoms with Gasteiger partial charge in [0.05, 0.1) is 5.92 Å². The number of carboxylic acids is 1. The zero-order valence-corrected chi connectivity index (χ0v) is 12.1. The average Bonchev–Trinajstić information content (AvgIpc) is 2.77. The second kappa shape index (κ2) is 5.82. The number of halogens is 1. The summed E-state index contributed by atoms with van der Waals surface area (Å²) in [4.78, 5) is 23.3. The van der Waals surface area contributed by atoms with Crippen molar-refractivity contribution in [1.29, 1.82) is 0 Å². The van der Waals surface area contributed by atoms with Gasteiger partial charge in [0, 0.05) is 15.6 Å². The van der Waals surface area contributed by atoms with Crippen LogP contribution in [-0.4, -0.2) is 16.9 Å². The summed E-state index contributed by atoms with van der Waals surface area (Å²) in [5.41, 5.74) is 0.717. The Balaban J connectivity index is 2.08. The van der Waals surface area contributed by atoms with Gasteiger partial charge in [-0.2, -0.15) is 0 Å². The number of carbonyl (C=O) groups excluding carboxylic acids is 1. The first-order chi connectivity index (χ1) is 8.59. The highest BCUT2D eigenvalue weighted by Gasteiger charge is 2.34. The molecule has 1 saturated carbocycles. The minimum absolute atomic E-state index is 0.00556. The molecular weight excluding hydrogens is 343 g/mol. The third-order valence-corrected chi connectivity index (χ3v) is 4.54. The van der Waals surface area contributed by atoms with Crippen LogP contribution in [0.25, 0.3) is 0 Å². The van der Waals surface area contributed by atoms with E-state index >= 15 is 0 Å². The Morgan fingerprint density at radius 1 is 1.28 bits per heavy atom. The first kappa shape index (κ1) is 13.5. The van der Waals surface area contributed by atoms with Crippen molar-refractivity contribution < 1.29 is 14.7 Å². The highest BCUT2D eigenvalue weighted by atomic mass is 127. The fraction of sp³-hybridized carbons (Fsp3) is 0.429. The quantitative estimate of drug-likeness (QED) is 0.663. The molecule has 0 aromatic heterocycles. The molecule has 4 heteroatoms. The molecule has 18 heavy (non-hydrogen) atoms. The highest BCUT2D eigenvalue weighted by Crippen LogP contribution is 2.35. The number of benzene rings is 1. The van der Waals surface area contributed by atoms with E-state index in [0.717, 1.165) is 16.4 Å². The van der Waals surface area contributed by atoms with Gasteiger partial charge in [-0.25, -0.2) is 0 Å². The van der Waals surface area contributed by atoms with Gasteiger partial charge in [-0.3, -0.25) is 9.59 Å². The Morgan fingerprint density at radius 3 is 2.67 bits per heavy atom. The summed E-state index contributed by atoms with van der Waals surface area (Å²) >= 11 is 2.14. The molecule has 0 amide bonds. The fourth-order valence-electron chi connectivity index (χ4n) is 2.64. The summed E-state index contributed by atoms with van der Waals surface area (Å²) in [6.45, 7) is 0. The first-order valence-electron chi connectivity index (χ1n) is 6.10. The summed E-state index contributed by atoms with van der Waals surface area (Å²) in [5, 5.41) is 9.11. The summed E-state index contributed by atoms with van der Waals surface area (Å²) in [6, 6.07) is 7.46.